The number of nitrogens with zero attached hydrogens (tertiary/aromatic N) is 1. The van der Waals surface area contributed by atoms with E-state index in [9.17, 15) is 9.59 Å². The number of benzene rings is 1. The molecule has 3 rings (SSSR count). The Balaban J connectivity index is 1.93. The van der Waals surface area contributed by atoms with Gasteiger partial charge in [0.25, 0.3) is 5.91 Å². The van der Waals surface area contributed by atoms with Crippen LogP contribution in [0, 0.1) is 0 Å². The topological polar surface area (TPSA) is 46.6 Å². The summed E-state index contributed by atoms with van der Waals surface area (Å²) >= 11 is 1.63. The van der Waals surface area contributed by atoms with Gasteiger partial charge in [0.05, 0.1) is 6.61 Å². The molecule has 0 bridgehead atoms. The Bertz CT molecular complexity index is 517. The van der Waals surface area contributed by atoms with Crippen LogP contribution in [0.4, 0.5) is 0 Å². The molecule has 1 amide bonds. The van der Waals surface area contributed by atoms with E-state index in [1.165, 1.54) is 0 Å². The normalized spacial score (nSPS) is 24.9. The quantitative estimate of drug-likeness (QED) is 0.764. The molecule has 2 aliphatic heterocycles. The molecule has 2 aliphatic rings. The lowest BCUT2D eigenvalue weighted by atomic mass is 10.1. The van der Waals surface area contributed by atoms with Crippen LogP contribution in [0.25, 0.3) is 0 Å². The second-order valence-corrected chi connectivity index (χ2v) is 5.37. The van der Waals surface area contributed by atoms with Gasteiger partial charge in [-0.25, -0.2) is 4.79 Å². The fourth-order valence-electron chi connectivity index (χ4n) is 2.46. The molecule has 5 heteroatoms. The summed E-state index contributed by atoms with van der Waals surface area (Å²) in [6.45, 7) is 2.12. The highest BCUT2D eigenvalue weighted by atomic mass is 32.2. The number of amides is 1. The Morgan fingerprint density at radius 2 is 2.28 bits per heavy atom. The zero-order valence-electron chi connectivity index (χ0n) is 9.96. The third kappa shape index (κ3) is 1.54. The minimum Gasteiger partial charge on any atom is -0.464 e. The molecule has 0 radical (unpaired) electrons. The van der Waals surface area contributed by atoms with Crippen LogP contribution >= 0.6 is 11.8 Å². The zero-order chi connectivity index (χ0) is 12.7. The van der Waals surface area contributed by atoms with E-state index >= 15 is 0 Å². The predicted molar refractivity (Wildman–Crippen MR) is 68.2 cm³/mol. The van der Waals surface area contributed by atoms with Crippen molar-refractivity contribution in [2.24, 2.45) is 0 Å². The second kappa shape index (κ2) is 4.31. The Labute approximate surface area is 109 Å². The fourth-order valence-corrected chi connectivity index (χ4v) is 3.91. The number of ether oxygens (including phenoxy) is 1. The van der Waals surface area contributed by atoms with Crippen molar-refractivity contribution in [1.29, 1.82) is 0 Å². The van der Waals surface area contributed by atoms with Gasteiger partial charge < -0.3 is 9.64 Å². The molecule has 4 nitrogen and oxygen atoms in total. The van der Waals surface area contributed by atoms with Crippen molar-refractivity contribution >= 4 is 23.6 Å². The number of carbonyl (C=O) groups is 2. The Hall–Kier alpha value is -1.49. The molecular formula is C13H13NO3S. The third-order valence-electron chi connectivity index (χ3n) is 3.25. The number of carbonyl (C=O) groups excluding carboxylic acids is 2. The van der Waals surface area contributed by atoms with Gasteiger partial charge in [-0.05, 0) is 18.6 Å². The van der Waals surface area contributed by atoms with Gasteiger partial charge in [-0.1, -0.05) is 18.2 Å². The van der Waals surface area contributed by atoms with E-state index in [4.69, 9.17) is 4.74 Å². The first-order valence-electron chi connectivity index (χ1n) is 5.94. The first-order valence-corrected chi connectivity index (χ1v) is 6.98. The highest BCUT2D eigenvalue weighted by Gasteiger charge is 2.48. The van der Waals surface area contributed by atoms with Gasteiger partial charge in [0.15, 0.2) is 0 Å². The molecule has 1 aromatic carbocycles. The van der Waals surface area contributed by atoms with Crippen molar-refractivity contribution < 1.29 is 14.3 Å². The molecule has 1 aromatic rings. The number of rotatable bonds is 2. The number of esters is 1. The molecule has 0 aliphatic carbocycles. The van der Waals surface area contributed by atoms with Crippen LogP contribution in [0.1, 0.15) is 28.2 Å². The minimum atomic E-state index is -0.445. The van der Waals surface area contributed by atoms with Crippen molar-refractivity contribution in [3.8, 4) is 0 Å². The molecule has 2 heterocycles. The summed E-state index contributed by atoms with van der Waals surface area (Å²) in [7, 11) is 0. The van der Waals surface area contributed by atoms with Crippen LogP contribution in [-0.2, 0) is 9.53 Å². The molecule has 94 valence electrons. The maximum Gasteiger partial charge on any atom is 0.329 e. The first-order chi connectivity index (χ1) is 8.74. The van der Waals surface area contributed by atoms with Gasteiger partial charge in [0, 0.05) is 11.3 Å². The number of hydrogen-bond donors (Lipinski definition) is 0. The summed E-state index contributed by atoms with van der Waals surface area (Å²) in [6, 6.07) is 7.11. The van der Waals surface area contributed by atoms with Crippen molar-refractivity contribution in [2.45, 2.75) is 18.3 Å². The van der Waals surface area contributed by atoms with Gasteiger partial charge in [-0.2, -0.15) is 0 Å². The van der Waals surface area contributed by atoms with Gasteiger partial charge in [-0.15, -0.1) is 11.8 Å². The molecule has 0 spiro atoms. The summed E-state index contributed by atoms with van der Waals surface area (Å²) in [5.74, 6) is 0.260. The van der Waals surface area contributed by atoms with Crippen LogP contribution < -0.4 is 0 Å². The highest BCUT2D eigenvalue weighted by Crippen LogP contribution is 2.48. The number of fused-ring (bicyclic) bond motifs is 3. The molecular weight excluding hydrogens is 250 g/mol. The van der Waals surface area contributed by atoms with Gasteiger partial charge in [0.2, 0.25) is 0 Å². The van der Waals surface area contributed by atoms with E-state index in [-0.39, 0.29) is 17.3 Å². The summed E-state index contributed by atoms with van der Waals surface area (Å²) in [6.07, 6.45) is 0. The van der Waals surface area contributed by atoms with Crippen LogP contribution in [0.5, 0.6) is 0 Å². The van der Waals surface area contributed by atoms with Gasteiger partial charge in [0.1, 0.15) is 11.4 Å². The smallest absolute Gasteiger partial charge is 0.329 e. The summed E-state index contributed by atoms with van der Waals surface area (Å²) in [4.78, 5) is 25.8. The van der Waals surface area contributed by atoms with Crippen molar-refractivity contribution in [1.82, 2.24) is 4.90 Å². The van der Waals surface area contributed by atoms with E-state index in [0.717, 1.165) is 5.56 Å². The van der Waals surface area contributed by atoms with Crippen molar-refractivity contribution in [3.05, 3.63) is 35.4 Å². The summed E-state index contributed by atoms with van der Waals surface area (Å²) in [5, 5.41) is -0.0249. The largest absolute Gasteiger partial charge is 0.464 e. The highest BCUT2D eigenvalue weighted by molar-refractivity contribution is 7.99. The van der Waals surface area contributed by atoms with E-state index in [1.54, 1.807) is 23.6 Å². The molecule has 1 fully saturated rings. The minimum absolute atomic E-state index is 0.0249. The van der Waals surface area contributed by atoms with Crippen molar-refractivity contribution in [3.63, 3.8) is 0 Å². The van der Waals surface area contributed by atoms with E-state index in [0.29, 0.717) is 17.9 Å². The van der Waals surface area contributed by atoms with Crippen LogP contribution in [0.3, 0.4) is 0 Å². The molecule has 0 aromatic heterocycles. The zero-order valence-corrected chi connectivity index (χ0v) is 10.8. The lowest BCUT2D eigenvalue weighted by molar-refractivity contribution is -0.147. The molecule has 2 atom stereocenters. The Kier molecular flexibility index (Phi) is 2.78. The molecule has 0 unspecified atom stereocenters. The van der Waals surface area contributed by atoms with Gasteiger partial charge >= 0.3 is 5.97 Å². The maximum atomic E-state index is 12.3. The average Bonchev–Trinajstić information content (AvgIpc) is 2.92. The summed E-state index contributed by atoms with van der Waals surface area (Å²) in [5.41, 5.74) is 1.73. The fraction of sp³-hybridized carbons (Fsp3) is 0.385. The number of hydrogen-bond acceptors (Lipinski definition) is 4. The Morgan fingerprint density at radius 1 is 1.50 bits per heavy atom. The molecule has 18 heavy (non-hydrogen) atoms. The first kappa shape index (κ1) is 11.6. The predicted octanol–water partition coefficient (Wildman–Crippen LogP) is 1.82. The van der Waals surface area contributed by atoms with Crippen LogP contribution in [0.2, 0.25) is 0 Å². The maximum absolute atomic E-state index is 12.3. The lowest BCUT2D eigenvalue weighted by Gasteiger charge is -2.21. The number of thioether (sulfide) groups is 1. The monoisotopic (exact) mass is 263 g/mol. The van der Waals surface area contributed by atoms with Crippen LogP contribution in [0.15, 0.2) is 24.3 Å². The standard InChI is InChI=1S/C13H13NO3S/c1-2-17-13(16)10-7-18-12-9-6-4-3-5-8(9)11(15)14(10)12/h3-6,10,12H,2,7H2,1H3/t10-,12-/m1/s1. The average molecular weight is 263 g/mol. The van der Waals surface area contributed by atoms with Crippen molar-refractivity contribution in [2.75, 3.05) is 12.4 Å². The molecule has 0 saturated carbocycles. The summed E-state index contributed by atoms with van der Waals surface area (Å²) < 4.78 is 5.03. The lowest BCUT2D eigenvalue weighted by Crippen LogP contribution is -2.40. The van der Waals surface area contributed by atoms with E-state index in [2.05, 4.69) is 0 Å². The SMILES string of the molecule is CCOC(=O)[C@H]1CS[C@@H]2c3ccccc3C(=O)N12. The second-order valence-electron chi connectivity index (χ2n) is 4.25. The van der Waals surface area contributed by atoms with E-state index in [1.807, 2.05) is 24.3 Å². The molecule has 0 N–H and O–H groups in total. The van der Waals surface area contributed by atoms with Gasteiger partial charge in [-0.3, -0.25) is 4.79 Å². The molecule has 1 saturated heterocycles. The van der Waals surface area contributed by atoms with Crippen LogP contribution in [-0.4, -0.2) is 35.2 Å². The van der Waals surface area contributed by atoms with E-state index < -0.39 is 6.04 Å². The Morgan fingerprint density at radius 3 is 3.06 bits per heavy atom. The third-order valence-corrected chi connectivity index (χ3v) is 4.56.